The molecule has 0 bridgehead atoms. The first-order chi connectivity index (χ1) is 15.9. The van der Waals surface area contributed by atoms with Crippen LogP contribution in [0.4, 0.5) is 5.69 Å². The fourth-order valence-electron chi connectivity index (χ4n) is 3.44. The molecule has 0 saturated carbocycles. The summed E-state index contributed by atoms with van der Waals surface area (Å²) in [5, 5.41) is 25.0. The number of carbonyl (C=O) groups is 2. The molecule has 7 nitrogen and oxygen atoms in total. The highest BCUT2D eigenvalue weighted by Crippen LogP contribution is 2.23. The molecule has 0 spiro atoms. The van der Waals surface area contributed by atoms with Gasteiger partial charge in [0.15, 0.2) is 0 Å². The van der Waals surface area contributed by atoms with Crippen LogP contribution in [0.25, 0.3) is 11.1 Å². The number of nitrogens with one attached hydrogen (secondary N) is 2. The van der Waals surface area contributed by atoms with Crippen molar-refractivity contribution in [1.29, 1.82) is 0 Å². The normalized spacial score (nSPS) is 11.5. The smallest absolute Gasteiger partial charge is 0.374 e. The summed E-state index contributed by atoms with van der Waals surface area (Å²) in [6.45, 7) is 3.49. The van der Waals surface area contributed by atoms with E-state index in [-0.39, 0.29) is 23.8 Å². The number of phenolic OH excluding ortho intramolecular Hbond substituents is 1. The second-order valence-corrected chi connectivity index (χ2v) is 7.60. The molecule has 1 unspecified atom stereocenters. The van der Waals surface area contributed by atoms with Gasteiger partial charge in [-0.3, -0.25) is 4.79 Å². The lowest BCUT2D eigenvalue weighted by molar-refractivity contribution is -0.117. The zero-order chi connectivity index (χ0) is 23.8. The molecule has 0 saturated heterocycles. The first-order valence-corrected chi connectivity index (χ1v) is 10.8. The van der Waals surface area contributed by atoms with Gasteiger partial charge in [-0.15, -0.1) is 0 Å². The van der Waals surface area contributed by atoms with Gasteiger partial charge in [-0.1, -0.05) is 48.5 Å². The zero-order valence-corrected chi connectivity index (χ0v) is 18.6. The Morgan fingerprint density at radius 1 is 0.970 bits per heavy atom. The van der Waals surface area contributed by atoms with E-state index in [1.165, 1.54) is 0 Å². The van der Waals surface area contributed by atoms with Gasteiger partial charge in [-0.05, 0) is 61.1 Å². The van der Waals surface area contributed by atoms with Gasteiger partial charge in [0.05, 0.1) is 23.9 Å². The minimum Gasteiger partial charge on any atom is -0.508 e. The SMILES string of the molecule is CCOC(=O)c1ccccc1NC(=O)C(Cc1ccc(-c2ccc(O)cc2)cc1)NB(C)O. The van der Waals surface area contributed by atoms with Crippen molar-refractivity contribution in [2.45, 2.75) is 26.2 Å². The van der Waals surface area contributed by atoms with Gasteiger partial charge >= 0.3 is 13.0 Å². The number of hydrogen-bond acceptors (Lipinski definition) is 6. The summed E-state index contributed by atoms with van der Waals surface area (Å²) in [5.41, 5.74) is 3.45. The quantitative estimate of drug-likeness (QED) is 0.296. The maximum Gasteiger partial charge on any atom is 0.374 e. The molecule has 1 atom stereocenters. The van der Waals surface area contributed by atoms with Crippen molar-refractivity contribution in [1.82, 2.24) is 5.23 Å². The van der Waals surface area contributed by atoms with Crippen LogP contribution in [-0.4, -0.2) is 41.7 Å². The lowest BCUT2D eigenvalue weighted by Crippen LogP contribution is -2.48. The number of phenols is 1. The fourth-order valence-corrected chi connectivity index (χ4v) is 3.44. The Balaban J connectivity index is 1.75. The van der Waals surface area contributed by atoms with Crippen molar-refractivity contribution in [3.05, 3.63) is 83.9 Å². The van der Waals surface area contributed by atoms with Crippen LogP contribution in [0.2, 0.25) is 6.82 Å². The average Bonchev–Trinajstić information content (AvgIpc) is 2.80. The molecule has 3 aromatic rings. The molecule has 3 rings (SSSR count). The summed E-state index contributed by atoms with van der Waals surface area (Å²) in [6, 6.07) is 20.5. The van der Waals surface area contributed by atoms with Crippen molar-refractivity contribution < 1.29 is 24.5 Å². The van der Waals surface area contributed by atoms with Gasteiger partial charge in [-0.2, -0.15) is 0 Å². The third-order valence-corrected chi connectivity index (χ3v) is 5.03. The first kappa shape index (κ1) is 24.0. The molecule has 4 N–H and O–H groups in total. The Hall–Kier alpha value is -3.62. The van der Waals surface area contributed by atoms with Crippen molar-refractivity contribution >= 4 is 24.6 Å². The van der Waals surface area contributed by atoms with E-state index in [1.807, 2.05) is 36.4 Å². The van der Waals surface area contributed by atoms with Gasteiger partial charge in [-0.25, -0.2) is 4.79 Å². The van der Waals surface area contributed by atoms with E-state index in [0.29, 0.717) is 12.1 Å². The Labute approximate surface area is 193 Å². The van der Waals surface area contributed by atoms with E-state index in [0.717, 1.165) is 16.7 Å². The highest BCUT2D eigenvalue weighted by atomic mass is 16.5. The molecule has 0 radical (unpaired) electrons. The Morgan fingerprint density at radius 3 is 2.18 bits per heavy atom. The molecular formula is C25H27BN2O5. The molecule has 0 aliphatic carbocycles. The standard InChI is InChI=1S/C25H27BN2O5/c1-3-33-25(31)21-6-4-5-7-22(21)27-24(30)23(28-26(2)32)16-17-8-10-18(11-9-17)19-12-14-20(29)15-13-19/h4-15,23,28-29,32H,3,16H2,1-2H3,(H,27,30). The number of benzene rings is 3. The van der Waals surface area contributed by atoms with Crippen LogP contribution in [-0.2, 0) is 16.0 Å². The summed E-state index contributed by atoms with van der Waals surface area (Å²) in [7, 11) is -0.905. The molecule has 8 heteroatoms. The van der Waals surface area contributed by atoms with E-state index >= 15 is 0 Å². The number of rotatable bonds is 9. The van der Waals surface area contributed by atoms with E-state index < -0.39 is 19.1 Å². The molecule has 0 heterocycles. The van der Waals surface area contributed by atoms with Crippen LogP contribution in [0.1, 0.15) is 22.8 Å². The number of ether oxygens (including phenoxy) is 1. The fraction of sp³-hybridized carbons (Fsp3) is 0.200. The zero-order valence-electron chi connectivity index (χ0n) is 18.6. The molecule has 0 aromatic heterocycles. The molecule has 170 valence electrons. The number of amides is 1. The van der Waals surface area contributed by atoms with Crippen molar-refractivity contribution in [3.63, 3.8) is 0 Å². The molecule has 3 aromatic carbocycles. The second-order valence-electron chi connectivity index (χ2n) is 7.60. The lowest BCUT2D eigenvalue weighted by Gasteiger charge is -2.20. The number of para-hydroxylation sites is 1. The van der Waals surface area contributed by atoms with Gasteiger partial charge in [0.2, 0.25) is 5.91 Å². The maximum absolute atomic E-state index is 13.0. The minimum absolute atomic E-state index is 0.206. The first-order valence-electron chi connectivity index (χ1n) is 10.8. The van der Waals surface area contributed by atoms with E-state index in [1.54, 1.807) is 50.1 Å². The van der Waals surface area contributed by atoms with E-state index in [9.17, 15) is 19.7 Å². The third kappa shape index (κ3) is 6.68. The van der Waals surface area contributed by atoms with Crippen molar-refractivity contribution in [2.24, 2.45) is 0 Å². The molecule has 0 aliphatic rings. The van der Waals surface area contributed by atoms with Crippen LogP contribution in [0.15, 0.2) is 72.8 Å². The molecular weight excluding hydrogens is 419 g/mol. The number of carbonyl (C=O) groups excluding carboxylic acids is 2. The van der Waals surface area contributed by atoms with Crippen LogP contribution in [0.3, 0.4) is 0 Å². The molecule has 0 aliphatic heterocycles. The summed E-state index contributed by atoms with van der Waals surface area (Å²) in [5.74, 6) is -0.688. The number of aromatic hydroxyl groups is 1. The van der Waals surface area contributed by atoms with Crippen molar-refractivity contribution in [2.75, 3.05) is 11.9 Å². The molecule has 1 amide bonds. The van der Waals surface area contributed by atoms with Crippen LogP contribution >= 0.6 is 0 Å². The second kappa shape index (κ2) is 11.3. The van der Waals surface area contributed by atoms with E-state index in [4.69, 9.17) is 4.74 Å². The Morgan fingerprint density at radius 2 is 1.58 bits per heavy atom. The summed E-state index contributed by atoms with van der Waals surface area (Å²) in [6.07, 6.45) is 0.328. The average molecular weight is 446 g/mol. The highest BCUT2D eigenvalue weighted by molar-refractivity contribution is 6.46. The van der Waals surface area contributed by atoms with Gasteiger partial charge in [0, 0.05) is 0 Å². The topological polar surface area (TPSA) is 108 Å². The van der Waals surface area contributed by atoms with Gasteiger partial charge in [0.1, 0.15) is 5.75 Å². The van der Waals surface area contributed by atoms with Crippen LogP contribution < -0.4 is 10.5 Å². The monoisotopic (exact) mass is 446 g/mol. The highest BCUT2D eigenvalue weighted by Gasteiger charge is 2.23. The number of anilines is 1. The van der Waals surface area contributed by atoms with Gasteiger partial charge in [0.25, 0.3) is 0 Å². The largest absolute Gasteiger partial charge is 0.508 e. The molecule has 33 heavy (non-hydrogen) atoms. The Kier molecular flexibility index (Phi) is 8.24. The lowest BCUT2D eigenvalue weighted by atomic mass is 9.85. The summed E-state index contributed by atoms with van der Waals surface area (Å²) in [4.78, 5) is 25.3. The number of hydrogen-bond donors (Lipinski definition) is 4. The molecule has 0 fully saturated rings. The summed E-state index contributed by atoms with van der Waals surface area (Å²) >= 11 is 0. The predicted octanol–water partition coefficient (Wildman–Crippen LogP) is 3.49. The van der Waals surface area contributed by atoms with Crippen molar-refractivity contribution in [3.8, 4) is 16.9 Å². The predicted molar refractivity (Wildman–Crippen MR) is 129 cm³/mol. The van der Waals surface area contributed by atoms with E-state index in [2.05, 4.69) is 10.5 Å². The Bertz CT molecular complexity index is 1080. The summed E-state index contributed by atoms with van der Waals surface area (Å²) < 4.78 is 5.07. The van der Waals surface area contributed by atoms with Crippen LogP contribution in [0.5, 0.6) is 5.75 Å². The maximum atomic E-state index is 13.0. The minimum atomic E-state index is -0.905. The van der Waals surface area contributed by atoms with Crippen LogP contribution in [0, 0.1) is 0 Å². The number of esters is 1. The third-order valence-electron chi connectivity index (χ3n) is 5.03. The van der Waals surface area contributed by atoms with Gasteiger partial charge < -0.3 is 25.4 Å².